The van der Waals surface area contributed by atoms with Crippen LogP contribution in [0.4, 0.5) is 5.82 Å². The van der Waals surface area contributed by atoms with E-state index in [-0.39, 0.29) is 6.61 Å². The van der Waals surface area contributed by atoms with Crippen molar-refractivity contribution in [2.24, 2.45) is 0 Å². The van der Waals surface area contributed by atoms with Crippen LogP contribution in [-0.2, 0) is 0 Å². The van der Waals surface area contributed by atoms with Crippen molar-refractivity contribution in [3.05, 3.63) is 29.0 Å². The number of anilines is 1. The van der Waals surface area contributed by atoms with E-state index in [1.165, 1.54) is 0 Å². The lowest BCUT2D eigenvalue weighted by atomic mass is 10.2. The van der Waals surface area contributed by atoms with E-state index < -0.39 is 0 Å². The zero-order valence-electron chi connectivity index (χ0n) is 10.8. The van der Waals surface area contributed by atoms with Crippen LogP contribution in [0.15, 0.2) is 29.0 Å². The molecule has 0 atom stereocenters. The predicted molar refractivity (Wildman–Crippen MR) is 81.3 cm³/mol. The fraction of sp³-hybridized carbons (Fsp3) is 0.429. The molecule has 1 aromatic carbocycles. The summed E-state index contributed by atoms with van der Waals surface area (Å²) in [5.41, 5.74) is 0.945. The molecule has 0 unspecified atom stereocenters. The van der Waals surface area contributed by atoms with Crippen molar-refractivity contribution in [1.29, 1.82) is 0 Å². The highest BCUT2D eigenvalue weighted by atomic mass is 79.9. The lowest BCUT2D eigenvalue weighted by Gasteiger charge is -2.08. The van der Waals surface area contributed by atoms with Crippen LogP contribution in [0.2, 0.25) is 0 Å². The molecule has 4 nitrogen and oxygen atoms in total. The number of unbranched alkanes of at least 4 members (excludes halogenated alkanes) is 3. The van der Waals surface area contributed by atoms with E-state index in [9.17, 15) is 0 Å². The molecule has 0 aliphatic carbocycles. The topological polar surface area (TPSA) is 58.0 Å². The Bertz CT molecular complexity index is 533. The molecule has 1 heterocycles. The summed E-state index contributed by atoms with van der Waals surface area (Å²) in [6.07, 6.45) is 5.77. The number of hydrogen-bond acceptors (Lipinski definition) is 4. The monoisotopic (exact) mass is 323 g/mol. The number of aliphatic hydroxyl groups is 1. The van der Waals surface area contributed by atoms with Gasteiger partial charge in [0, 0.05) is 23.0 Å². The van der Waals surface area contributed by atoms with Crippen LogP contribution >= 0.6 is 15.9 Å². The van der Waals surface area contributed by atoms with Gasteiger partial charge in [-0.25, -0.2) is 9.97 Å². The van der Waals surface area contributed by atoms with Crippen LogP contribution < -0.4 is 5.32 Å². The number of nitrogens with one attached hydrogen (secondary N) is 1. The molecular weight excluding hydrogens is 306 g/mol. The van der Waals surface area contributed by atoms with Crippen LogP contribution in [-0.4, -0.2) is 28.2 Å². The van der Waals surface area contributed by atoms with Crippen molar-refractivity contribution >= 4 is 32.7 Å². The normalized spacial score (nSPS) is 10.8. The van der Waals surface area contributed by atoms with Gasteiger partial charge in [-0.15, -0.1) is 0 Å². The molecule has 0 spiro atoms. The maximum absolute atomic E-state index is 8.71. The third kappa shape index (κ3) is 4.14. The molecule has 0 aliphatic heterocycles. The highest BCUT2D eigenvalue weighted by Gasteiger charge is 2.03. The van der Waals surface area contributed by atoms with E-state index in [2.05, 4.69) is 31.2 Å². The molecular formula is C14H18BrN3O. The van der Waals surface area contributed by atoms with Crippen LogP contribution in [0.25, 0.3) is 10.9 Å². The maximum Gasteiger partial charge on any atom is 0.137 e. The van der Waals surface area contributed by atoms with Crippen molar-refractivity contribution in [2.75, 3.05) is 18.5 Å². The van der Waals surface area contributed by atoms with E-state index in [4.69, 9.17) is 5.11 Å². The largest absolute Gasteiger partial charge is 0.396 e. The Kier molecular flexibility index (Phi) is 5.54. The minimum atomic E-state index is 0.290. The zero-order chi connectivity index (χ0) is 13.5. The second kappa shape index (κ2) is 7.40. The van der Waals surface area contributed by atoms with Crippen molar-refractivity contribution < 1.29 is 5.11 Å². The predicted octanol–water partition coefficient (Wildman–Crippen LogP) is 3.36. The molecule has 0 aliphatic rings. The smallest absolute Gasteiger partial charge is 0.137 e. The van der Waals surface area contributed by atoms with E-state index in [1.54, 1.807) is 6.33 Å². The van der Waals surface area contributed by atoms with Gasteiger partial charge in [-0.05, 0) is 31.0 Å². The number of fused-ring (bicyclic) bond motifs is 1. The van der Waals surface area contributed by atoms with Gasteiger partial charge in [0.15, 0.2) is 0 Å². The standard InChI is InChI=1S/C14H18BrN3O/c15-11-5-6-13-12(9-11)14(18-10-17-13)16-7-3-1-2-4-8-19/h5-6,9-10,19H,1-4,7-8H2,(H,16,17,18). The quantitative estimate of drug-likeness (QED) is 0.767. The van der Waals surface area contributed by atoms with Gasteiger partial charge in [-0.1, -0.05) is 28.8 Å². The van der Waals surface area contributed by atoms with Gasteiger partial charge < -0.3 is 10.4 Å². The lowest BCUT2D eigenvalue weighted by molar-refractivity contribution is 0.283. The van der Waals surface area contributed by atoms with Crippen LogP contribution in [0, 0.1) is 0 Å². The highest BCUT2D eigenvalue weighted by Crippen LogP contribution is 2.23. The number of aliphatic hydroxyl groups excluding tert-OH is 1. The average molecular weight is 324 g/mol. The fourth-order valence-corrected chi connectivity index (χ4v) is 2.33. The number of benzene rings is 1. The first-order valence-corrected chi connectivity index (χ1v) is 7.35. The minimum absolute atomic E-state index is 0.290. The fourth-order valence-electron chi connectivity index (χ4n) is 1.97. The molecule has 0 radical (unpaired) electrons. The van der Waals surface area contributed by atoms with E-state index in [0.29, 0.717) is 0 Å². The summed E-state index contributed by atoms with van der Waals surface area (Å²) in [6.45, 7) is 1.18. The minimum Gasteiger partial charge on any atom is -0.396 e. The third-order valence-electron chi connectivity index (χ3n) is 2.97. The van der Waals surface area contributed by atoms with Crippen molar-refractivity contribution in [2.45, 2.75) is 25.7 Å². The van der Waals surface area contributed by atoms with Crippen LogP contribution in [0.3, 0.4) is 0 Å². The molecule has 5 heteroatoms. The van der Waals surface area contributed by atoms with Crippen molar-refractivity contribution in [3.8, 4) is 0 Å². The Hall–Kier alpha value is -1.20. The summed E-state index contributed by atoms with van der Waals surface area (Å²) < 4.78 is 1.03. The van der Waals surface area contributed by atoms with Gasteiger partial charge in [-0.2, -0.15) is 0 Å². The number of halogens is 1. The summed E-state index contributed by atoms with van der Waals surface area (Å²) in [6, 6.07) is 5.99. The molecule has 0 saturated carbocycles. The Balaban J connectivity index is 1.95. The molecule has 19 heavy (non-hydrogen) atoms. The molecule has 0 bridgehead atoms. The molecule has 102 valence electrons. The summed E-state index contributed by atoms with van der Waals surface area (Å²) in [4.78, 5) is 8.55. The number of nitrogens with zero attached hydrogens (tertiary/aromatic N) is 2. The Labute approximate surface area is 121 Å². The molecule has 0 fully saturated rings. The Morgan fingerprint density at radius 1 is 1.11 bits per heavy atom. The second-order valence-electron chi connectivity index (χ2n) is 4.45. The van der Waals surface area contributed by atoms with E-state index >= 15 is 0 Å². The molecule has 0 amide bonds. The number of aromatic nitrogens is 2. The van der Waals surface area contributed by atoms with Crippen molar-refractivity contribution in [1.82, 2.24) is 9.97 Å². The van der Waals surface area contributed by atoms with Gasteiger partial charge in [0.2, 0.25) is 0 Å². The molecule has 2 aromatic rings. The molecule has 2 rings (SSSR count). The second-order valence-corrected chi connectivity index (χ2v) is 5.36. The SMILES string of the molecule is OCCCCCCNc1ncnc2ccc(Br)cc12. The highest BCUT2D eigenvalue weighted by molar-refractivity contribution is 9.10. The van der Waals surface area contributed by atoms with E-state index in [0.717, 1.165) is 53.4 Å². The van der Waals surface area contributed by atoms with Gasteiger partial charge in [0.05, 0.1) is 5.52 Å². The third-order valence-corrected chi connectivity index (χ3v) is 3.47. The zero-order valence-corrected chi connectivity index (χ0v) is 12.4. The summed E-state index contributed by atoms with van der Waals surface area (Å²) >= 11 is 3.47. The van der Waals surface area contributed by atoms with Crippen LogP contribution in [0.5, 0.6) is 0 Å². The number of rotatable bonds is 7. The summed E-state index contributed by atoms with van der Waals surface area (Å²) in [5, 5.41) is 13.1. The lowest BCUT2D eigenvalue weighted by Crippen LogP contribution is -2.04. The summed E-state index contributed by atoms with van der Waals surface area (Å²) in [5.74, 6) is 0.883. The Morgan fingerprint density at radius 3 is 2.79 bits per heavy atom. The Morgan fingerprint density at radius 2 is 1.95 bits per heavy atom. The first-order valence-electron chi connectivity index (χ1n) is 6.56. The first-order chi connectivity index (χ1) is 9.31. The molecule has 0 saturated heterocycles. The average Bonchev–Trinajstić information content (AvgIpc) is 2.43. The van der Waals surface area contributed by atoms with Gasteiger partial charge in [0.25, 0.3) is 0 Å². The van der Waals surface area contributed by atoms with E-state index in [1.807, 2.05) is 18.2 Å². The first kappa shape index (κ1) is 14.2. The van der Waals surface area contributed by atoms with Gasteiger partial charge >= 0.3 is 0 Å². The number of hydrogen-bond donors (Lipinski definition) is 2. The molecule has 2 N–H and O–H groups in total. The summed E-state index contributed by atoms with van der Waals surface area (Å²) in [7, 11) is 0. The molecule has 1 aromatic heterocycles. The van der Waals surface area contributed by atoms with Crippen molar-refractivity contribution in [3.63, 3.8) is 0 Å². The van der Waals surface area contributed by atoms with Crippen LogP contribution in [0.1, 0.15) is 25.7 Å². The van der Waals surface area contributed by atoms with Gasteiger partial charge in [0.1, 0.15) is 12.1 Å². The van der Waals surface area contributed by atoms with Gasteiger partial charge in [-0.3, -0.25) is 0 Å². The maximum atomic E-state index is 8.71.